The van der Waals surface area contributed by atoms with Gasteiger partial charge in [0.1, 0.15) is 12.6 Å². The summed E-state index contributed by atoms with van der Waals surface area (Å²) >= 11 is 0. The van der Waals surface area contributed by atoms with Gasteiger partial charge in [0, 0.05) is 23.4 Å². The highest BCUT2D eigenvalue weighted by molar-refractivity contribution is 5.84. The van der Waals surface area contributed by atoms with E-state index in [9.17, 15) is 4.79 Å². The number of imidazole rings is 1. The minimum atomic E-state index is -0.235. The lowest BCUT2D eigenvalue weighted by Gasteiger charge is -2.24. The highest BCUT2D eigenvalue weighted by Crippen LogP contribution is 2.29. The number of hydrogen-bond acceptors (Lipinski definition) is 6. The summed E-state index contributed by atoms with van der Waals surface area (Å²) in [6.45, 7) is 2.77. The van der Waals surface area contributed by atoms with Crippen molar-refractivity contribution in [1.82, 2.24) is 24.1 Å². The Labute approximate surface area is 202 Å². The van der Waals surface area contributed by atoms with Crippen molar-refractivity contribution in [3.05, 3.63) is 89.4 Å². The maximum Gasteiger partial charge on any atom is 0.263 e. The molecule has 35 heavy (non-hydrogen) atoms. The molecule has 0 amide bonds. The molecule has 0 saturated carbocycles. The molecular weight excluding hydrogens is 440 g/mol. The molecule has 1 N–H and O–H groups in total. The topological polar surface area (TPSA) is 86.9 Å². The molecule has 0 spiro atoms. The molecule has 6 rings (SSSR count). The number of ether oxygens (including phenoxy) is 1. The zero-order valence-electron chi connectivity index (χ0n) is 19.5. The van der Waals surface area contributed by atoms with Crippen molar-refractivity contribution in [3.63, 3.8) is 0 Å². The average Bonchev–Trinajstić information content (AvgIpc) is 3.35. The molecule has 5 aromatic rings. The van der Waals surface area contributed by atoms with Crippen molar-refractivity contribution >= 4 is 27.8 Å². The summed E-state index contributed by atoms with van der Waals surface area (Å²) in [6, 6.07) is 19.2. The minimum Gasteiger partial charge on any atom is -0.360 e. The number of hydrogen-bond donors (Lipinski definition) is 1. The third-order valence-electron chi connectivity index (χ3n) is 6.59. The fourth-order valence-electron chi connectivity index (χ4n) is 4.83. The summed E-state index contributed by atoms with van der Waals surface area (Å²) in [4.78, 5) is 27.2. The van der Waals surface area contributed by atoms with E-state index in [2.05, 4.69) is 26.3 Å². The van der Waals surface area contributed by atoms with E-state index in [1.807, 2.05) is 66.1 Å². The van der Waals surface area contributed by atoms with E-state index in [4.69, 9.17) is 4.74 Å². The van der Waals surface area contributed by atoms with Crippen molar-refractivity contribution in [2.24, 2.45) is 0 Å². The standard InChI is InChI=1S/C27H26N6O2/c1-18(31-25-24-26(29-16-28-25)32(17-30-24)23-13-7-8-14-35-23)22-15-19-9-5-6-12-21(19)27(34)33(22)20-10-3-2-4-11-20/h2-6,9-12,15-18,23H,7-8,13-14H2,1H3,(H,28,29,31)/t18-,23?/m0/s1. The van der Waals surface area contributed by atoms with Gasteiger partial charge in [0.25, 0.3) is 5.56 Å². The number of aromatic nitrogens is 5. The van der Waals surface area contributed by atoms with Crippen LogP contribution in [-0.2, 0) is 4.74 Å². The molecule has 3 aromatic heterocycles. The molecule has 1 saturated heterocycles. The predicted molar refractivity (Wildman–Crippen MR) is 136 cm³/mol. The lowest BCUT2D eigenvalue weighted by molar-refractivity contribution is -0.0298. The van der Waals surface area contributed by atoms with Crippen molar-refractivity contribution in [2.75, 3.05) is 11.9 Å². The fraction of sp³-hybridized carbons (Fsp3) is 0.259. The first-order chi connectivity index (χ1) is 17.2. The van der Waals surface area contributed by atoms with Crippen LogP contribution in [0.5, 0.6) is 0 Å². The van der Waals surface area contributed by atoms with Gasteiger partial charge in [-0.3, -0.25) is 13.9 Å². The van der Waals surface area contributed by atoms with Crippen LogP contribution in [0.1, 0.15) is 44.1 Å². The van der Waals surface area contributed by atoms with Crippen molar-refractivity contribution in [3.8, 4) is 5.69 Å². The molecule has 1 fully saturated rings. The summed E-state index contributed by atoms with van der Waals surface area (Å²) < 4.78 is 9.70. The van der Waals surface area contributed by atoms with Gasteiger partial charge in [-0.15, -0.1) is 0 Å². The second-order valence-electron chi connectivity index (χ2n) is 8.87. The lowest BCUT2D eigenvalue weighted by atomic mass is 10.1. The molecule has 4 heterocycles. The van der Waals surface area contributed by atoms with Gasteiger partial charge in [0.2, 0.25) is 0 Å². The van der Waals surface area contributed by atoms with Crippen LogP contribution < -0.4 is 10.9 Å². The van der Waals surface area contributed by atoms with Crippen LogP contribution in [0.4, 0.5) is 5.82 Å². The second kappa shape index (κ2) is 8.96. The van der Waals surface area contributed by atoms with Gasteiger partial charge >= 0.3 is 0 Å². The predicted octanol–water partition coefficient (Wildman–Crippen LogP) is 5.00. The van der Waals surface area contributed by atoms with Gasteiger partial charge in [-0.05, 0) is 55.8 Å². The average molecular weight is 467 g/mol. The quantitative estimate of drug-likeness (QED) is 0.392. The second-order valence-corrected chi connectivity index (χ2v) is 8.87. The molecule has 2 atom stereocenters. The van der Waals surface area contributed by atoms with E-state index in [-0.39, 0.29) is 17.8 Å². The van der Waals surface area contributed by atoms with E-state index in [0.29, 0.717) is 16.7 Å². The number of benzene rings is 2. The number of para-hydroxylation sites is 1. The molecular formula is C27H26N6O2. The zero-order valence-corrected chi connectivity index (χ0v) is 19.5. The normalized spacial score (nSPS) is 17.0. The van der Waals surface area contributed by atoms with Crippen LogP contribution in [0.2, 0.25) is 0 Å². The molecule has 0 bridgehead atoms. The maximum atomic E-state index is 13.6. The van der Waals surface area contributed by atoms with E-state index in [1.165, 1.54) is 0 Å². The summed E-state index contributed by atoms with van der Waals surface area (Å²) in [6.07, 6.45) is 6.41. The Bertz CT molecular complexity index is 1550. The Morgan fingerprint density at radius 1 is 1.03 bits per heavy atom. The van der Waals surface area contributed by atoms with E-state index >= 15 is 0 Å². The molecule has 0 aliphatic carbocycles. The first-order valence-electron chi connectivity index (χ1n) is 12.0. The summed E-state index contributed by atoms with van der Waals surface area (Å²) in [5.41, 5.74) is 3.02. The number of fused-ring (bicyclic) bond motifs is 2. The fourth-order valence-corrected chi connectivity index (χ4v) is 4.83. The van der Waals surface area contributed by atoms with E-state index < -0.39 is 0 Å². The molecule has 8 heteroatoms. The monoisotopic (exact) mass is 466 g/mol. The number of rotatable bonds is 5. The number of nitrogens with one attached hydrogen (secondary N) is 1. The molecule has 8 nitrogen and oxygen atoms in total. The summed E-state index contributed by atoms with van der Waals surface area (Å²) in [7, 11) is 0. The van der Waals surface area contributed by atoms with Crippen LogP contribution in [0, 0.1) is 0 Å². The third kappa shape index (κ3) is 3.85. The highest BCUT2D eigenvalue weighted by atomic mass is 16.5. The Balaban J connectivity index is 1.43. The van der Waals surface area contributed by atoms with Crippen molar-refractivity contribution < 1.29 is 4.74 Å². The number of nitrogens with zero attached hydrogens (tertiary/aromatic N) is 5. The van der Waals surface area contributed by atoms with Crippen molar-refractivity contribution in [1.29, 1.82) is 0 Å². The first kappa shape index (κ1) is 21.5. The van der Waals surface area contributed by atoms with Crippen LogP contribution in [0.15, 0.2) is 78.1 Å². The SMILES string of the molecule is C[C@H](Nc1ncnc2c1ncn2C1CCCCO1)c1cc2ccccc2c(=O)n1-c1ccccc1. The van der Waals surface area contributed by atoms with Gasteiger partial charge in [-0.25, -0.2) is 15.0 Å². The van der Waals surface area contributed by atoms with Crippen LogP contribution in [0.25, 0.3) is 27.6 Å². The van der Waals surface area contributed by atoms with E-state index in [0.717, 1.165) is 48.3 Å². The van der Waals surface area contributed by atoms with Gasteiger partial charge < -0.3 is 10.1 Å². The largest absolute Gasteiger partial charge is 0.360 e. The third-order valence-corrected chi connectivity index (χ3v) is 6.59. The molecule has 1 aliphatic heterocycles. The van der Waals surface area contributed by atoms with Crippen molar-refractivity contribution in [2.45, 2.75) is 38.5 Å². The Kier molecular flexibility index (Phi) is 5.50. The van der Waals surface area contributed by atoms with Gasteiger partial charge in [0.05, 0.1) is 12.4 Å². The maximum absolute atomic E-state index is 13.6. The van der Waals surface area contributed by atoms with Crippen LogP contribution >= 0.6 is 0 Å². The number of anilines is 1. The lowest BCUT2D eigenvalue weighted by Crippen LogP contribution is -2.25. The van der Waals surface area contributed by atoms with Gasteiger partial charge in [0.15, 0.2) is 17.0 Å². The summed E-state index contributed by atoms with van der Waals surface area (Å²) in [5.74, 6) is 0.622. The number of pyridine rings is 1. The Hall–Kier alpha value is -4.04. The zero-order chi connectivity index (χ0) is 23.8. The minimum absolute atomic E-state index is 0.0514. The Morgan fingerprint density at radius 3 is 2.69 bits per heavy atom. The molecule has 0 radical (unpaired) electrons. The molecule has 1 aliphatic rings. The first-order valence-corrected chi connectivity index (χ1v) is 12.0. The van der Waals surface area contributed by atoms with E-state index in [1.54, 1.807) is 17.2 Å². The smallest absolute Gasteiger partial charge is 0.263 e. The molecule has 176 valence electrons. The summed E-state index contributed by atoms with van der Waals surface area (Å²) in [5, 5.41) is 5.08. The molecule has 2 aromatic carbocycles. The van der Waals surface area contributed by atoms with Gasteiger partial charge in [-0.2, -0.15) is 0 Å². The van der Waals surface area contributed by atoms with Crippen LogP contribution in [0.3, 0.4) is 0 Å². The molecule has 1 unspecified atom stereocenters. The highest BCUT2D eigenvalue weighted by Gasteiger charge is 2.22. The van der Waals surface area contributed by atoms with Crippen LogP contribution in [-0.4, -0.2) is 30.7 Å². The Morgan fingerprint density at radius 2 is 1.86 bits per heavy atom. The van der Waals surface area contributed by atoms with Gasteiger partial charge in [-0.1, -0.05) is 36.4 Å².